The lowest BCUT2D eigenvalue weighted by Crippen LogP contribution is -2.34. The number of nitrogens with zero attached hydrogens (tertiary/aromatic N) is 1. The standard InChI is InChI=1S/C11H18BrN3O3S/c1-15(5-3-4-13)19(16,17)14-10-6-9(12)7-11(8-10)18-2/h6-8,14H,3-5,13H2,1-2H3. The van der Waals surface area contributed by atoms with E-state index in [-0.39, 0.29) is 0 Å². The van der Waals surface area contributed by atoms with Gasteiger partial charge in [0.15, 0.2) is 0 Å². The Hall–Kier alpha value is -0.830. The minimum absolute atomic E-state index is 0.372. The van der Waals surface area contributed by atoms with Gasteiger partial charge in [0.1, 0.15) is 5.75 Å². The van der Waals surface area contributed by atoms with Crippen LogP contribution in [0.15, 0.2) is 22.7 Å². The molecule has 0 radical (unpaired) electrons. The van der Waals surface area contributed by atoms with Crippen molar-refractivity contribution in [3.63, 3.8) is 0 Å². The van der Waals surface area contributed by atoms with E-state index < -0.39 is 10.2 Å². The monoisotopic (exact) mass is 351 g/mol. The van der Waals surface area contributed by atoms with Crippen molar-refractivity contribution in [3.05, 3.63) is 22.7 Å². The lowest BCUT2D eigenvalue weighted by atomic mass is 10.3. The van der Waals surface area contributed by atoms with E-state index >= 15 is 0 Å². The van der Waals surface area contributed by atoms with Crippen LogP contribution in [0.3, 0.4) is 0 Å². The molecule has 0 aliphatic rings. The highest BCUT2D eigenvalue weighted by Gasteiger charge is 2.17. The van der Waals surface area contributed by atoms with Crippen LogP contribution in [-0.4, -0.2) is 40.0 Å². The summed E-state index contributed by atoms with van der Waals surface area (Å²) in [4.78, 5) is 0. The van der Waals surface area contributed by atoms with Gasteiger partial charge in [-0.1, -0.05) is 15.9 Å². The number of halogens is 1. The van der Waals surface area contributed by atoms with E-state index in [4.69, 9.17) is 10.5 Å². The fraction of sp³-hybridized carbons (Fsp3) is 0.455. The maximum atomic E-state index is 12.0. The number of nitrogens with two attached hydrogens (primary N) is 1. The van der Waals surface area contributed by atoms with Crippen LogP contribution < -0.4 is 15.2 Å². The van der Waals surface area contributed by atoms with Crippen molar-refractivity contribution in [2.45, 2.75) is 6.42 Å². The van der Waals surface area contributed by atoms with E-state index in [2.05, 4.69) is 20.7 Å². The first kappa shape index (κ1) is 16.2. The summed E-state index contributed by atoms with van der Waals surface area (Å²) in [5.74, 6) is 0.566. The number of rotatable bonds is 7. The average Bonchev–Trinajstić information content (AvgIpc) is 2.34. The summed E-state index contributed by atoms with van der Waals surface area (Å²) in [6.45, 7) is 0.821. The first-order valence-corrected chi connectivity index (χ1v) is 7.91. The smallest absolute Gasteiger partial charge is 0.301 e. The number of nitrogens with one attached hydrogen (secondary N) is 1. The summed E-state index contributed by atoms with van der Waals surface area (Å²) < 4.78 is 33.6. The van der Waals surface area contributed by atoms with E-state index in [1.54, 1.807) is 18.2 Å². The van der Waals surface area contributed by atoms with Crippen molar-refractivity contribution in [2.24, 2.45) is 5.73 Å². The largest absolute Gasteiger partial charge is 0.497 e. The van der Waals surface area contributed by atoms with Crippen molar-refractivity contribution in [1.82, 2.24) is 4.31 Å². The van der Waals surface area contributed by atoms with E-state index in [1.807, 2.05) is 0 Å². The van der Waals surface area contributed by atoms with E-state index in [0.29, 0.717) is 30.9 Å². The van der Waals surface area contributed by atoms with Gasteiger partial charge in [0.05, 0.1) is 12.8 Å². The van der Waals surface area contributed by atoms with Crippen LogP contribution in [0, 0.1) is 0 Å². The molecule has 0 bridgehead atoms. The van der Waals surface area contributed by atoms with E-state index in [9.17, 15) is 8.42 Å². The SMILES string of the molecule is COc1cc(Br)cc(NS(=O)(=O)N(C)CCCN)c1. The third-order valence-corrected chi connectivity index (χ3v) is 4.40. The van der Waals surface area contributed by atoms with Gasteiger partial charge in [-0.25, -0.2) is 0 Å². The highest BCUT2D eigenvalue weighted by molar-refractivity contribution is 9.10. The Morgan fingerprint density at radius 3 is 2.68 bits per heavy atom. The molecule has 0 fully saturated rings. The molecule has 1 rings (SSSR count). The second-order valence-corrected chi connectivity index (χ2v) is 6.64. The molecule has 1 aromatic carbocycles. The van der Waals surface area contributed by atoms with Crippen LogP contribution in [0.5, 0.6) is 5.75 Å². The predicted molar refractivity (Wildman–Crippen MR) is 79.5 cm³/mol. The average molecular weight is 352 g/mol. The summed E-state index contributed by atoms with van der Waals surface area (Å²) in [5, 5.41) is 0. The third-order valence-electron chi connectivity index (χ3n) is 2.44. The van der Waals surface area contributed by atoms with Gasteiger partial charge in [0.2, 0.25) is 0 Å². The summed E-state index contributed by atoms with van der Waals surface area (Å²) in [7, 11) is -0.548. The van der Waals surface area contributed by atoms with Crippen LogP contribution in [0.25, 0.3) is 0 Å². The number of ether oxygens (including phenoxy) is 1. The number of anilines is 1. The zero-order valence-electron chi connectivity index (χ0n) is 10.9. The predicted octanol–water partition coefficient (Wildman–Crippen LogP) is 1.39. The van der Waals surface area contributed by atoms with Crippen molar-refractivity contribution in [1.29, 1.82) is 0 Å². The lowest BCUT2D eigenvalue weighted by molar-refractivity contribution is 0.414. The zero-order chi connectivity index (χ0) is 14.5. The molecule has 108 valence electrons. The minimum atomic E-state index is -3.58. The summed E-state index contributed by atoms with van der Waals surface area (Å²) in [6.07, 6.45) is 0.610. The van der Waals surface area contributed by atoms with Gasteiger partial charge >= 0.3 is 10.2 Å². The molecular formula is C11H18BrN3O3S. The fourth-order valence-corrected chi connectivity index (χ4v) is 2.81. The fourth-order valence-electron chi connectivity index (χ4n) is 1.40. The quantitative estimate of drug-likeness (QED) is 0.777. The molecule has 0 atom stereocenters. The molecule has 0 saturated heterocycles. The van der Waals surface area contributed by atoms with Crippen molar-refractivity contribution < 1.29 is 13.2 Å². The molecule has 0 aliphatic heterocycles. The Balaban J connectivity index is 2.85. The van der Waals surface area contributed by atoms with Gasteiger partial charge in [-0.05, 0) is 25.1 Å². The van der Waals surface area contributed by atoms with Gasteiger partial charge in [0, 0.05) is 24.1 Å². The second-order valence-electron chi connectivity index (χ2n) is 3.95. The van der Waals surface area contributed by atoms with Crippen LogP contribution in [0.1, 0.15) is 6.42 Å². The summed E-state index contributed by atoms with van der Waals surface area (Å²) in [6, 6.07) is 5.02. The first-order chi connectivity index (χ1) is 8.89. The molecule has 0 aromatic heterocycles. The number of benzene rings is 1. The molecule has 0 heterocycles. The van der Waals surface area contributed by atoms with E-state index in [1.165, 1.54) is 18.5 Å². The molecule has 1 aromatic rings. The highest BCUT2D eigenvalue weighted by atomic mass is 79.9. The van der Waals surface area contributed by atoms with Crippen LogP contribution in [0.2, 0.25) is 0 Å². The Morgan fingerprint density at radius 2 is 2.11 bits per heavy atom. The van der Waals surface area contributed by atoms with Gasteiger partial charge < -0.3 is 10.5 Å². The first-order valence-electron chi connectivity index (χ1n) is 5.68. The maximum Gasteiger partial charge on any atom is 0.301 e. The normalized spacial score (nSPS) is 11.6. The molecule has 6 nitrogen and oxygen atoms in total. The third kappa shape index (κ3) is 4.98. The topological polar surface area (TPSA) is 84.7 Å². The lowest BCUT2D eigenvalue weighted by Gasteiger charge is -2.18. The van der Waals surface area contributed by atoms with Crippen LogP contribution in [0.4, 0.5) is 5.69 Å². The van der Waals surface area contributed by atoms with Crippen LogP contribution >= 0.6 is 15.9 Å². The second kappa shape index (κ2) is 7.09. The molecule has 8 heteroatoms. The molecule has 0 amide bonds. The molecule has 0 saturated carbocycles. The number of hydrogen-bond acceptors (Lipinski definition) is 4. The van der Waals surface area contributed by atoms with Crippen molar-refractivity contribution in [2.75, 3.05) is 32.0 Å². The Labute approximate surface area is 122 Å². The number of methoxy groups -OCH3 is 1. The number of hydrogen-bond donors (Lipinski definition) is 2. The Morgan fingerprint density at radius 1 is 1.42 bits per heavy atom. The van der Waals surface area contributed by atoms with Gasteiger partial charge in [-0.15, -0.1) is 0 Å². The van der Waals surface area contributed by atoms with E-state index in [0.717, 1.165) is 4.47 Å². The van der Waals surface area contributed by atoms with Gasteiger partial charge in [-0.3, -0.25) is 4.72 Å². The maximum absolute atomic E-state index is 12.0. The summed E-state index contributed by atoms with van der Waals surface area (Å²) in [5.41, 5.74) is 5.80. The molecular weight excluding hydrogens is 334 g/mol. The van der Waals surface area contributed by atoms with Crippen LogP contribution in [-0.2, 0) is 10.2 Å². The molecule has 0 unspecified atom stereocenters. The molecule has 0 spiro atoms. The highest BCUT2D eigenvalue weighted by Crippen LogP contribution is 2.25. The van der Waals surface area contributed by atoms with Gasteiger partial charge in [0.25, 0.3) is 0 Å². The Kier molecular flexibility index (Phi) is 6.05. The zero-order valence-corrected chi connectivity index (χ0v) is 13.3. The minimum Gasteiger partial charge on any atom is -0.497 e. The van der Waals surface area contributed by atoms with Crippen molar-refractivity contribution in [3.8, 4) is 5.75 Å². The summed E-state index contributed by atoms with van der Waals surface area (Å²) >= 11 is 3.30. The van der Waals surface area contributed by atoms with Crippen molar-refractivity contribution >= 4 is 31.8 Å². The van der Waals surface area contributed by atoms with Gasteiger partial charge in [-0.2, -0.15) is 12.7 Å². The molecule has 19 heavy (non-hydrogen) atoms. The Bertz CT molecular complexity index is 522. The molecule has 3 N–H and O–H groups in total. The molecule has 0 aliphatic carbocycles.